The molecule has 0 aromatic heterocycles. The van der Waals surface area contributed by atoms with Gasteiger partial charge in [0, 0.05) is 6.54 Å². The van der Waals surface area contributed by atoms with Gasteiger partial charge in [0.25, 0.3) is 0 Å². The molecule has 0 fully saturated rings. The number of rotatable bonds is 4. The lowest BCUT2D eigenvalue weighted by molar-refractivity contribution is -0.120. The number of carbonyl (C=O) groups is 1. The van der Waals surface area contributed by atoms with Gasteiger partial charge in [0.05, 0.1) is 4.83 Å². The molecule has 0 heterocycles. The first-order valence-electron chi connectivity index (χ1n) is 5.10. The molecular formula is C12H16BrNO. The van der Waals surface area contributed by atoms with Crippen molar-refractivity contribution in [1.29, 1.82) is 0 Å². The van der Waals surface area contributed by atoms with Crippen LogP contribution < -0.4 is 5.32 Å². The number of hydrogen-bond acceptors (Lipinski definition) is 1. The van der Waals surface area contributed by atoms with E-state index in [2.05, 4.69) is 21.2 Å². The second-order valence-corrected chi connectivity index (χ2v) is 4.68. The summed E-state index contributed by atoms with van der Waals surface area (Å²) in [6.07, 6.45) is 0.805. The van der Waals surface area contributed by atoms with E-state index in [1.807, 2.05) is 38.1 Å². The van der Waals surface area contributed by atoms with Crippen LogP contribution in [-0.2, 0) is 11.3 Å². The third-order valence-electron chi connectivity index (χ3n) is 2.23. The van der Waals surface area contributed by atoms with Crippen LogP contribution in [0.15, 0.2) is 24.3 Å². The lowest BCUT2D eigenvalue weighted by atomic mass is 10.1. The number of carbonyl (C=O) groups excluding carboxylic acids is 1. The number of aryl methyl sites for hydroxylation is 1. The number of nitrogens with one attached hydrogen (secondary N) is 1. The van der Waals surface area contributed by atoms with Crippen molar-refractivity contribution in [1.82, 2.24) is 5.32 Å². The Hall–Kier alpha value is -0.830. The predicted octanol–water partition coefficient (Wildman–Crippen LogP) is 2.78. The van der Waals surface area contributed by atoms with E-state index >= 15 is 0 Å². The van der Waals surface area contributed by atoms with E-state index < -0.39 is 0 Å². The average Bonchev–Trinajstić information content (AvgIpc) is 2.26. The summed E-state index contributed by atoms with van der Waals surface area (Å²) in [6.45, 7) is 4.63. The minimum atomic E-state index is -0.0806. The highest BCUT2D eigenvalue weighted by Crippen LogP contribution is 2.06. The van der Waals surface area contributed by atoms with Crippen LogP contribution in [0.5, 0.6) is 0 Å². The second-order valence-electron chi connectivity index (χ2n) is 3.58. The third-order valence-corrected chi connectivity index (χ3v) is 3.29. The van der Waals surface area contributed by atoms with Crippen LogP contribution in [0.3, 0.4) is 0 Å². The van der Waals surface area contributed by atoms with Crippen molar-refractivity contribution in [2.45, 2.75) is 31.6 Å². The summed E-state index contributed by atoms with van der Waals surface area (Å²) in [4.78, 5) is 11.4. The molecule has 0 unspecified atom stereocenters. The van der Waals surface area contributed by atoms with Gasteiger partial charge in [-0.2, -0.15) is 0 Å². The summed E-state index contributed by atoms with van der Waals surface area (Å²) in [7, 11) is 0. The van der Waals surface area contributed by atoms with Gasteiger partial charge >= 0.3 is 0 Å². The van der Waals surface area contributed by atoms with Gasteiger partial charge in [0.2, 0.25) is 5.91 Å². The molecule has 0 radical (unpaired) electrons. The Morgan fingerprint density at radius 1 is 1.40 bits per heavy atom. The summed E-state index contributed by atoms with van der Waals surface area (Å²) in [6, 6.07) is 8.16. The fraction of sp³-hybridized carbons (Fsp3) is 0.417. The minimum absolute atomic E-state index is 0.0538. The first-order valence-corrected chi connectivity index (χ1v) is 6.02. The van der Waals surface area contributed by atoms with Crippen molar-refractivity contribution >= 4 is 21.8 Å². The maximum atomic E-state index is 11.5. The van der Waals surface area contributed by atoms with Gasteiger partial charge in [0.15, 0.2) is 0 Å². The number of hydrogen-bond donors (Lipinski definition) is 1. The van der Waals surface area contributed by atoms with Crippen LogP contribution in [-0.4, -0.2) is 10.7 Å². The van der Waals surface area contributed by atoms with E-state index in [0.717, 1.165) is 12.0 Å². The SMILES string of the molecule is CC[C@H](Br)C(=O)NCc1ccc(C)cc1. The molecule has 0 aliphatic carbocycles. The summed E-state index contributed by atoms with van der Waals surface area (Å²) in [5.74, 6) is 0.0538. The predicted molar refractivity (Wildman–Crippen MR) is 66.0 cm³/mol. The molecule has 0 spiro atoms. The molecule has 1 amide bonds. The van der Waals surface area contributed by atoms with Crippen molar-refractivity contribution in [3.63, 3.8) is 0 Å². The van der Waals surface area contributed by atoms with Gasteiger partial charge < -0.3 is 5.32 Å². The number of halogens is 1. The summed E-state index contributed by atoms with van der Waals surface area (Å²) in [5, 5.41) is 2.88. The topological polar surface area (TPSA) is 29.1 Å². The molecule has 1 atom stereocenters. The highest BCUT2D eigenvalue weighted by atomic mass is 79.9. The normalized spacial score (nSPS) is 12.2. The standard InChI is InChI=1S/C12H16BrNO/c1-3-11(13)12(15)14-8-10-6-4-9(2)5-7-10/h4-7,11H,3,8H2,1-2H3,(H,14,15)/t11-/m0/s1. The number of alkyl halides is 1. The highest BCUT2D eigenvalue weighted by molar-refractivity contribution is 9.10. The molecule has 0 aliphatic rings. The van der Waals surface area contributed by atoms with Gasteiger partial charge in [-0.25, -0.2) is 0 Å². The molecule has 1 aromatic carbocycles. The van der Waals surface area contributed by atoms with E-state index in [4.69, 9.17) is 0 Å². The maximum Gasteiger partial charge on any atom is 0.234 e. The minimum Gasteiger partial charge on any atom is -0.351 e. The zero-order valence-corrected chi connectivity index (χ0v) is 10.7. The second kappa shape index (κ2) is 5.91. The molecule has 2 nitrogen and oxygen atoms in total. The molecule has 1 rings (SSSR count). The van der Waals surface area contributed by atoms with Crippen LogP contribution >= 0.6 is 15.9 Å². The van der Waals surface area contributed by atoms with E-state index in [-0.39, 0.29) is 10.7 Å². The fourth-order valence-electron chi connectivity index (χ4n) is 1.19. The molecule has 0 bridgehead atoms. The van der Waals surface area contributed by atoms with E-state index in [1.165, 1.54) is 5.56 Å². The molecule has 15 heavy (non-hydrogen) atoms. The maximum absolute atomic E-state index is 11.5. The smallest absolute Gasteiger partial charge is 0.234 e. The lowest BCUT2D eigenvalue weighted by Crippen LogP contribution is -2.30. The van der Waals surface area contributed by atoms with Gasteiger partial charge in [-0.1, -0.05) is 52.7 Å². The first kappa shape index (κ1) is 12.2. The van der Waals surface area contributed by atoms with Crippen molar-refractivity contribution in [2.75, 3.05) is 0 Å². The lowest BCUT2D eigenvalue weighted by Gasteiger charge is -2.08. The molecule has 1 aromatic rings. The van der Waals surface area contributed by atoms with E-state index in [1.54, 1.807) is 0 Å². The van der Waals surface area contributed by atoms with Gasteiger partial charge in [-0.15, -0.1) is 0 Å². The number of amides is 1. The molecule has 82 valence electrons. The monoisotopic (exact) mass is 269 g/mol. The van der Waals surface area contributed by atoms with Crippen molar-refractivity contribution in [3.05, 3.63) is 35.4 Å². The third kappa shape index (κ3) is 4.04. The molecule has 0 aliphatic heterocycles. The Bertz CT molecular complexity index is 321. The quantitative estimate of drug-likeness (QED) is 0.837. The average molecular weight is 270 g/mol. The van der Waals surface area contributed by atoms with Crippen LogP contribution in [0.1, 0.15) is 24.5 Å². The van der Waals surface area contributed by atoms with Crippen molar-refractivity contribution in [2.24, 2.45) is 0 Å². The molecule has 3 heteroatoms. The van der Waals surface area contributed by atoms with Crippen LogP contribution in [0.2, 0.25) is 0 Å². The van der Waals surface area contributed by atoms with Gasteiger partial charge in [-0.3, -0.25) is 4.79 Å². The Morgan fingerprint density at radius 2 is 2.00 bits per heavy atom. The number of benzene rings is 1. The zero-order chi connectivity index (χ0) is 11.3. The summed E-state index contributed by atoms with van der Waals surface area (Å²) >= 11 is 3.32. The van der Waals surface area contributed by atoms with E-state index in [9.17, 15) is 4.79 Å². The molecule has 0 saturated heterocycles. The largest absolute Gasteiger partial charge is 0.351 e. The summed E-state index contributed by atoms with van der Waals surface area (Å²) < 4.78 is 0. The fourth-order valence-corrected chi connectivity index (χ4v) is 1.35. The first-order chi connectivity index (χ1) is 7.13. The highest BCUT2D eigenvalue weighted by Gasteiger charge is 2.10. The van der Waals surface area contributed by atoms with Crippen LogP contribution in [0, 0.1) is 6.92 Å². The Morgan fingerprint density at radius 3 is 2.53 bits per heavy atom. The van der Waals surface area contributed by atoms with Gasteiger partial charge in [-0.05, 0) is 18.9 Å². The Kier molecular flexibility index (Phi) is 4.82. The van der Waals surface area contributed by atoms with Crippen LogP contribution in [0.25, 0.3) is 0 Å². The van der Waals surface area contributed by atoms with Crippen molar-refractivity contribution < 1.29 is 4.79 Å². The Balaban J connectivity index is 2.43. The molecule has 0 saturated carbocycles. The Labute approximate surface area is 99.2 Å². The zero-order valence-electron chi connectivity index (χ0n) is 9.09. The summed E-state index contributed by atoms with van der Waals surface area (Å²) in [5.41, 5.74) is 2.36. The van der Waals surface area contributed by atoms with Gasteiger partial charge in [0.1, 0.15) is 0 Å². The molecule has 1 N–H and O–H groups in total. The van der Waals surface area contributed by atoms with Crippen LogP contribution in [0.4, 0.5) is 0 Å². The van der Waals surface area contributed by atoms with E-state index in [0.29, 0.717) is 6.54 Å². The van der Waals surface area contributed by atoms with Crippen molar-refractivity contribution in [3.8, 4) is 0 Å². The molecular weight excluding hydrogens is 254 g/mol.